The van der Waals surface area contributed by atoms with E-state index < -0.39 is 0 Å². The van der Waals surface area contributed by atoms with Gasteiger partial charge in [0.1, 0.15) is 0 Å². The maximum atomic E-state index is 3.84. The Hall–Kier alpha value is -2.60. The summed E-state index contributed by atoms with van der Waals surface area (Å²) in [5.74, 6) is 0. The van der Waals surface area contributed by atoms with Crippen molar-refractivity contribution in [2.45, 2.75) is 6.92 Å². The first-order valence-electron chi connectivity index (χ1n) is 7.21. The first kappa shape index (κ1) is 13.4. The van der Waals surface area contributed by atoms with Crippen molar-refractivity contribution < 1.29 is 0 Å². The number of benzene rings is 3. The van der Waals surface area contributed by atoms with Crippen LogP contribution in [0.15, 0.2) is 85.5 Å². The minimum atomic E-state index is 1.19. The lowest BCUT2D eigenvalue weighted by Crippen LogP contribution is -1.87. The van der Waals surface area contributed by atoms with Crippen molar-refractivity contribution in [1.82, 2.24) is 0 Å². The van der Waals surface area contributed by atoms with Crippen LogP contribution < -0.4 is 0 Å². The van der Waals surface area contributed by atoms with E-state index in [1.54, 1.807) is 0 Å². The van der Waals surface area contributed by atoms with Gasteiger partial charge in [-0.1, -0.05) is 79.4 Å². The monoisotopic (exact) mass is 270 g/mol. The summed E-state index contributed by atoms with van der Waals surface area (Å²) in [4.78, 5) is 0. The smallest absolute Gasteiger partial charge is 0.00990 e. The molecule has 0 aliphatic carbocycles. The molecule has 0 bridgehead atoms. The van der Waals surface area contributed by atoms with Crippen molar-refractivity contribution in [3.8, 4) is 0 Å². The zero-order chi connectivity index (χ0) is 14.7. The van der Waals surface area contributed by atoms with Gasteiger partial charge in [-0.3, -0.25) is 0 Å². The zero-order valence-electron chi connectivity index (χ0n) is 12.2. The van der Waals surface area contributed by atoms with Gasteiger partial charge in [-0.15, -0.1) is 0 Å². The third-order valence-electron chi connectivity index (χ3n) is 3.72. The summed E-state index contributed by atoms with van der Waals surface area (Å²) >= 11 is 0. The molecule has 102 valence electrons. The quantitative estimate of drug-likeness (QED) is 0.396. The summed E-state index contributed by atoms with van der Waals surface area (Å²) in [7, 11) is 0. The summed E-state index contributed by atoms with van der Waals surface area (Å²) < 4.78 is 0. The Labute approximate surface area is 125 Å². The standard InChI is InChI=1S/C21H18/c1-3-9-16(10-4-2)21-15-17-11-5-6-12-18(17)19-13-7-8-14-20(19)21/h3-15H,1H2,2H3/b10-4-,16-9+. The van der Waals surface area contributed by atoms with Crippen LogP contribution in [0.5, 0.6) is 0 Å². The van der Waals surface area contributed by atoms with Gasteiger partial charge in [0.15, 0.2) is 0 Å². The molecule has 0 aliphatic rings. The molecule has 3 aromatic carbocycles. The molecular weight excluding hydrogens is 252 g/mol. The van der Waals surface area contributed by atoms with E-state index >= 15 is 0 Å². The number of hydrogen-bond acceptors (Lipinski definition) is 0. The Balaban J connectivity index is 2.45. The molecule has 0 fully saturated rings. The van der Waals surface area contributed by atoms with Gasteiger partial charge in [0.2, 0.25) is 0 Å². The predicted molar refractivity (Wildman–Crippen MR) is 94.4 cm³/mol. The molecule has 21 heavy (non-hydrogen) atoms. The predicted octanol–water partition coefficient (Wildman–Crippen LogP) is 6.14. The zero-order valence-corrected chi connectivity index (χ0v) is 12.2. The number of fused-ring (bicyclic) bond motifs is 3. The second-order valence-corrected chi connectivity index (χ2v) is 5.05. The molecular formula is C21H18. The summed E-state index contributed by atoms with van der Waals surface area (Å²) in [6.07, 6.45) is 8.12. The third kappa shape index (κ3) is 2.41. The summed E-state index contributed by atoms with van der Waals surface area (Å²) in [6, 6.07) is 19.4. The first-order valence-corrected chi connectivity index (χ1v) is 7.21. The van der Waals surface area contributed by atoms with Gasteiger partial charge in [-0.25, -0.2) is 0 Å². The molecule has 0 saturated heterocycles. The third-order valence-corrected chi connectivity index (χ3v) is 3.72. The van der Waals surface area contributed by atoms with Crippen molar-refractivity contribution in [2.75, 3.05) is 0 Å². The number of allylic oxidation sites excluding steroid dienone is 5. The molecule has 0 spiro atoms. The number of rotatable bonds is 3. The lowest BCUT2D eigenvalue weighted by molar-refractivity contribution is 1.67. The SMILES string of the molecule is C=C/C=C(\C=C/C)c1cc2ccccc2c2ccccc12. The topological polar surface area (TPSA) is 0 Å². The fourth-order valence-electron chi connectivity index (χ4n) is 2.83. The van der Waals surface area contributed by atoms with E-state index in [9.17, 15) is 0 Å². The summed E-state index contributed by atoms with van der Waals surface area (Å²) in [5, 5.41) is 5.15. The molecule has 0 radical (unpaired) electrons. The van der Waals surface area contributed by atoms with E-state index in [1.807, 2.05) is 13.0 Å². The normalized spacial score (nSPS) is 12.3. The second-order valence-electron chi connectivity index (χ2n) is 5.05. The van der Waals surface area contributed by atoms with Crippen molar-refractivity contribution in [1.29, 1.82) is 0 Å². The minimum absolute atomic E-state index is 1.19. The molecule has 3 rings (SSSR count). The molecule has 0 nitrogen and oxygen atoms in total. The van der Waals surface area contributed by atoms with E-state index in [4.69, 9.17) is 0 Å². The molecule has 0 atom stereocenters. The lowest BCUT2D eigenvalue weighted by atomic mass is 9.93. The Morgan fingerprint density at radius 1 is 0.905 bits per heavy atom. The Kier molecular flexibility index (Phi) is 3.70. The molecule has 0 heterocycles. The first-order chi connectivity index (χ1) is 10.3. The highest BCUT2D eigenvalue weighted by atomic mass is 14.1. The van der Waals surface area contributed by atoms with Crippen LogP contribution >= 0.6 is 0 Å². The van der Waals surface area contributed by atoms with Crippen molar-refractivity contribution >= 4 is 27.1 Å². The average Bonchev–Trinajstić information content (AvgIpc) is 2.54. The van der Waals surface area contributed by atoms with Crippen LogP contribution in [0.4, 0.5) is 0 Å². The van der Waals surface area contributed by atoms with Crippen molar-refractivity contribution in [3.63, 3.8) is 0 Å². The van der Waals surface area contributed by atoms with Gasteiger partial charge in [0.25, 0.3) is 0 Å². The maximum Gasteiger partial charge on any atom is -0.00990 e. The van der Waals surface area contributed by atoms with E-state index in [0.717, 1.165) is 0 Å². The Morgan fingerprint density at radius 2 is 1.57 bits per heavy atom. The van der Waals surface area contributed by atoms with Gasteiger partial charge in [-0.05, 0) is 45.7 Å². The van der Waals surface area contributed by atoms with Crippen molar-refractivity contribution in [2.24, 2.45) is 0 Å². The van der Waals surface area contributed by atoms with E-state index in [0.29, 0.717) is 0 Å². The molecule has 0 unspecified atom stereocenters. The molecule has 0 aromatic heterocycles. The van der Waals surface area contributed by atoms with Gasteiger partial charge in [0.05, 0.1) is 0 Å². The van der Waals surface area contributed by atoms with Crippen LogP contribution in [0, 0.1) is 0 Å². The molecule has 0 heteroatoms. The molecule has 0 N–H and O–H groups in total. The highest BCUT2D eigenvalue weighted by Crippen LogP contribution is 2.32. The van der Waals surface area contributed by atoms with Gasteiger partial charge in [0, 0.05) is 0 Å². The van der Waals surface area contributed by atoms with Crippen LogP contribution in [0.3, 0.4) is 0 Å². The van der Waals surface area contributed by atoms with Crippen LogP contribution in [-0.4, -0.2) is 0 Å². The lowest BCUT2D eigenvalue weighted by Gasteiger charge is -2.11. The largest absolute Gasteiger partial charge is 0.0990 e. The van der Waals surface area contributed by atoms with Gasteiger partial charge >= 0.3 is 0 Å². The van der Waals surface area contributed by atoms with Crippen LogP contribution in [0.1, 0.15) is 12.5 Å². The minimum Gasteiger partial charge on any atom is -0.0990 e. The van der Waals surface area contributed by atoms with Crippen molar-refractivity contribution in [3.05, 3.63) is 91.0 Å². The van der Waals surface area contributed by atoms with E-state index in [1.165, 1.54) is 32.7 Å². The van der Waals surface area contributed by atoms with Crippen LogP contribution in [0.25, 0.3) is 27.1 Å². The highest BCUT2D eigenvalue weighted by Gasteiger charge is 2.07. The van der Waals surface area contributed by atoms with E-state index in [2.05, 4.69) is 79.4 Å². The summed E-state index contributed by atoms with van der Waals surface area (Å²) in [6.45, 7) is 5.88. The Bertz CT molecular complexity index is 863. The molecule has 3 aromatic rings. The molecule has 0 amide bonds. The van der Waals surface area contributed by atoms with Crippen LogP contribution in [-0.2, 0) is 0 Å². The second kappa shape index (κ2) is 5.80. The van der Waals surface area contributed by atoms with Gasteiger partial charge < -0.3 is 0 Å². The molecule has 0 saturated carbocycles. The number of hydrogen-bond donors (Lipinski definition) is 0. The average molecular weight is 270 g/mol. The fourth-order valence-corrected chi connectivity index (χ4v) is 2.83. The van der Waals surface area contributed by atoms with E-state index in [-0.39, 0.29) is 0 Å². The van der Waals surface area contributed by atoms with Gasteiger partial charge in [-0.2, -0.15) is 0 Å². The highest BCUT2D eigenvalue weighted by molar-refractivity contribution is 6.12. The maximum absolute atomic E-state index is 3.84. The fraction of sp³-hybridized carbons (Fsp3) is 0.0476. The molecule has 0 aliphatic heterocycles. The van der Waals surface area contributed by atoms with Crippen LogP contribution in [0.2, 0.25) is 0 Å². The Morgan fingerprint density at radius 3 is 2.29 bits per heavy atom. The summed E-state index contributed by atoms with van der Waals surface area (Å²) in [5.41, 5.74) is 2.44.